The molecule has 1 aromatic carbocycles. The molecule has 1 atom stereocenters. The third-order valence-electron chi connectivity index (χ3n) is 7.70. The zero-order chi connectivity index (χ0) is 30.5. The molecule has 1 amide bonds. The number of fused-ring (bicyclic) bond motifs is 1. The van der Waals surface area contributed by atoms with Crippen molar-refractivity contribution < 1.29 is 24.2 Å². The van der Waals surface area contributed by atoms with Gasteiger partial charge in [0.25, 0.3) is 5.91 Å². The zero-order valence-electron chi connectivity index (χ0n) is 24.2. The molecule has 4 heterocycles. The SMILES string of the molecule is Cc1cc(N2CCN(C(=O)c3ccc4c(-c5ccc(Cl)c(F)c5)cn(C(C)(C)C)c4n3)CC2CO)nc(C)c1C(=O)O. The molecule has 0 spiro atoms. The highest BCUT2D eigenvalue weighted by molar-refractivity contribution is 6.30. The van der Waals surface area contributed by atoms with Crippen LogP contribution in [0.2, 0.25) is 5.02 Å². The maximum Gasteiger partial charge on any atom is 0.337 e. The number of aliphatic hydroxyl groups is 1. The van der Waals surface area contributed by atoms with Gasteiger partial charge in [0, 0.05) is 42.3 Å². The Labute approximate surface area is 248 Å². The number of rotatable bonds is 5. The number of pyridine rings is 2. The number of aryl methyl sites for hydroxylation is 2. The van der Waals surface area contributed by atoms with Crippen molar-refractivity contribution in [2.45, 2.75) is 46.2 Å². The number of aromatic carboxylic acids is 1. The predicted molar refractivity (Wildman–Crippen MR) is 160 cm³/mol. The molecule has 1 fully saturated rings. The van der Waals surface area contributed by atoms with Crippen molar-refractivity contribution in [1.29, 1.82) is 0 Å². The molecule has 2 N–H and O–H groups in total. The van der Waals surface area contributed by atoms with Crippen LogP contribution >= 0.6 is 11.6 Å². The van der Waals surface area contributed by atoms with Gasteiger partial charge in [0.15, 0.2) is 0 Å². The van der Waals surface area contributed by atoms with Gasteiger partial charge < -0.3 is 24.6 Å². The first-order chi connectivity index (χ1) is 19.8. The number of halogens is 2. The minimum Gasteiger partial charge on any atom is -0.478 e. The first kappa shape index (κ1) is 29.5. The van der Waals surface area contributed by atoms with E-state index in [4.69, 9.17) is 16.6 Å². The molecule has 0 bridgehead atoms. The summed E-state index contributed by atoms with van der Waals surface area (Å²) in [4.78, 5) is 38.2. The molecule has 11 heteroatoms. The summed E-state index contributed by atoms with van der Waals surface area (Å²) < 4.78 is 16.3. The number of nitrogens with zero attached hydrogens (tertiary/aromatic N) is 5. The van der Waals surface area contributed by atoms with E-state index in [1.165, 1.54) is 12.1 Å². The zero-order valence-corrected chi connectivity index (χ0v) is 24.9. The number of carboxylic acid groups (broad SMARTS) is 1. The number of piperazine rings is 1. The van der Waals surface area contributed by atoms with Crippen molar-refractivity contribution in [2.24, 2.45) is 0 Å². The lowest BCUT2D eigenvalue weighted by atomic mass is 10.1. The molecule has 1 aliphatic heterocycles. The second-order valence-corrected chi connectivity index (χ2v) is 12.0. The van der Waals surface area contributed by atoms with Gasteiger partial charge in [-0.2, -0.15) is 0 Å². The highest BCUT2D eigenvalue weighted by atomic mass is 35.5. The summed E-state index contributed by atoms with van der Waals surface area (Å²) in [7, 11) is 0. The van der Waals surface area contributed by atoms with E-state index in [-0.39, 0.29) is 40.9 Å². The van der Waals surface area contributed by atoms with Gasteiger partial charge in [0.05, 0.1) is 28.9 Å². The minimum atomic E-state index is -1.03. The van der Waals surface area contributed by atoms with E-state index in [0.717, 1.165) is 10.9 Å². The molecule has 42 heavy (non-hydrogen) atoms. The second kappa shape index (κ2) is 11.0. The summed E-state index contributed by atoms with van der Waals surface area (Å²) in [6.45, 7) is 10.3. The number of hydrogen-bond acceptors (Lipinski definition) is 6. The summed E-state index contributed by atoms with van der Waals surface area (Å²) in [5.41, 5.74) is 3.08. The molecule has 220 valence electrons. The maximum atomic E-state index is 14.3. The van der Waals surface area contributed by atoms with Gasteiger partial charge in [-0.3, -0.25) is 4.79 Å². The van der Waals surface area contributed by atoms with E-state index in [9.17, 15) is 24.2 Å². The highest BCUT2D eigenvalue weighted by Gasteiger charge is 2.32. The number of carbonyl (C=O) groups is 2. The number of aliphatic hydroxyl groups excluding tert-OH is 1. The number of benzene rings is 1. The smallest absolute Gasteiger partial charge is 0.337 e. The van der Waals surface area contributed by atoms with Gasteiger partial charge in [0.2, 0.25) is 0 Å². The molecule has 9 nitrogen and oxygen atoms in total. The van der Waals surface area contributed by atoms with Crippen molar-refractivity contribution in [3.05, 3.63) is 75.9 Å². The van der Waals surface area contributed by atoms with Crippen LogP contribution in [0.4, 0.5) is 10.2 Å². The Morgan fingerprint density at radius 3 is 2.45 bits per heavy atom. The van der Waals surface area contributed by atoms with Crippen molar-refractivity contribution in [3.8, 4) is 11.1 Å². The molecule has 1 unspecified atom stereocenters. The largest absolute Gasteiger partial charge is 0.478 e. The first-order valence-electron chi connectivity index (χ1n) is 13.7. The molecule has 5 rings (SSSR count). The maximum absolute atomic E-state index is 14.3. The van der Waals surface area contributed by atoms with Crippen LogP contribution in [-0.4, -0.2) is 73.8 Å². The molecule has 0 radical (unpaired) electrons. The van der Waals surface area contributed by atoms with Gasteiger partial charge in [-0.1, -0.05) is 17.7 Å². The van der Waals surface area contributed by atoms with E-state index in [0.29, 0.717) is 41.4 Å². The average Bonchev–Trinajstić information content (AvgIpc) is 3.33. The summed E-state index contributed by atoms with van der Waals surface area (Å²) in [6, 6.07) is 9.45. The van der Waals surface area contributed by atoms with E-state index >= 15 is 0 Å². The third-order valence-corrected chi connectivity index (χ3v) is 8.00. The molecule has 1 saturated heterocycles. The molecular weight excluding hydrogens is 561 g/mol. The molecule has 3 aromatic heterocycles. The van der Waals surface area contributed by atoms with E-state index < -0.39 is 17.8 Å². The number of carboxylic acids is 1. The quantitative estimate of drug-likeness (QED) is 0.324. The van der Waals surface area contributed by atoms with Crippen LogP contribution in [0.3, 0.4) is 0 Å². The van der Waals surface area contributed by atoms with E-state index in [1.807, 2.05) is 42.5 Å². The standard InChI is InChI=1S/C31H33ClFN5O4/c1-17-12-26(34-18(2)27(17)30(41)42)37-11-10-36(14-20(37)16-39)29(40)25-9-7-21-22(19-6-8-23(32)24(33)13-19)15-38(28(21)35-25)31(3,4)5/h6-9,12-13,15,20,39H,10-11,14,16H2,1-5H3,(H,41,42). The lowest BCUT2D eigenvalue weighted by Gasteiger charge is -2.41. The van der Waals surface area contributed by atoms with Crippen LogP contribution < -0.4 is 4.90 Å². The fourth-order valence-electron chi connectivity index (χ4n) is 5.57. The molecule has 4 aromatic rings. The van der Waals surface area contributed by atoms with Crippen molar-refractivity contribution in [3.63, 3.8) is 0 Å². The molecule has 0 aliphatic carbocycles. The van der Waals surface area contributed by atoms with Gasteiger partial charge in [-0.25, -0.2) is 19.2 Å². The van der Waals surface area contributed by atoms with Crippen LogP contribution in [0.25, 0.3) is 22.2 Å². The molecule has 0 saturated carbocycles. The minimum absolute atomic E-state index is 0.0453. The fourth-order valence-corrected chi connectivity index (χ4v) is 5.69. The number of amides is 1. The summed E-state index contributed by atoms with van der Waals surface area (Å²) in [6.07, 6.45) is 1.92. The number of anilines is 1. The Hall–Kier alpha value is -4.02. The van der Waals surface area contributed by atoms with Crippen LogP contribution in [0.1, 0.15) is 52.9 Å². The lowest BCUT2D eigenvalue weighted by Crippen LogP contribution is -2.56. The summed E-state index contributed by atoms with van der Waals surface area (Å²) in [5.74, 6) is -1.25. The third kappa shape index (κ3) is 5.32. The van der Waals surface area contributed by atoms with Crippen LogP contribution in [-0.2, 0) is 5.54 Å². The second-order valence-electron chi connectivity index (χ2n) is 11.6. The van der Waals surface area contributed by atoms with E-state index in [1.54, 1.807) is 36.9 Å². The Bertz CT molecular complexity index is 1690. The van der Waals surface area contributed by atoms with Gasteiger partial charge >= 0.3 is 5.97 Å². The fraction of sp³-hybridized carbons (Fsp3) is 0.355. The number of aromatic nitrogens is 3. The van der Waals surface area contributed by atoms with Crippen LogP contribution in [0, 0.1) is 19.7 Å². The topological polar surface area (TPSA) is 112 Å². The number of carbonyl (C=O) groups excluding carboxylic acids is 1. The monoisotopic (exact) mass is 593 g/mol. The lowest BCUT2D eigenvalue weighted by molar-refractivity contribution is 0.0682. The van der Waals surface area contributed by atoms with Crippen LogP contribution in [0.15, 0.2) is 42.6 Å². The average molecular weight is 594 g/mol. The van der Waals surface area contributed by atoms with Crippen molar-refractivity contribution in [2.75, 3.05) is 31.1 Å². The van der Waals surface area contributed by atoms with E-state index in [2.05, 4.69) is 4.98 Å². The summed E-state index contributed by atoms with van der Waals surface area (Å²) >= 11 is 5.91. The van der Waals surface area contributed by atoms with Gasteiger partial charge in [-0.15, -0.1) is 0 Å². The van der Waals surface area contributed by atoms with Gasteiger partial charge in [-0.05, 0) is 76.1 Å². The van der Waals surface area contributed by atoms with Crippen molar-refractivity contribution >= 4 is 40.3 Å². The number of hydrogen-bond donors (Lipinski definition) is 2. The Morgan fingerprint density at radius 1 is 1.10 bits per heavy atom. The Morgan fingerprint density at radius 2 is 1.83 bits per heavy atom. The highest BCUT2D eigenvalue weighted by Crippen LogP contribution is 2.35. The molecular formula is C31H33ClFN5O4. The normalized spacial score (nSPS) is 15.9. The van der Waals surface area contributed by atoms with Crippen LogP contribution in [0.5, 0.6) is 0 Å². The Kier molecular flexibility index (Phi) is 7.72. The van der Waals surface area contributed by atoms with Crippen molar-refractivity contribution in [1.82, 2.24) is 19.4 Å². The molecule has 1 aliphatic rings. The first-order valence-corrected chi connectivity index (χ1v) is 14.0. The Balaban J connectivity index is 1.45. The van der Waals surface area contributed by atoms with Gasteiger partial charge in [0.1, 0.15) is 23.0 Å². The predicted octanol–water partition coefficient (Wildman–Crippen LogP) is 5.28. The summed E-state index contributed by atoms with van der Waals surface area (Å²) in [5, 5.41) is 20.6.